The van der Waals surface area contributed by atoms with E-state index in [0.717, 1.165) is 11.1 Å². The van der Waals surface area contributed by atoms with Gasteiger partial charge in [-0.1, -0.05) is 23.7 Å². The average molecular weight is 392 g/mol. The first-order valence-electron chi connectivity index (χ1n) is 8.39. The maximum Gasteiger partial charge on any atom is 0.352 e. The van der Waals surface area contributed by atoms with Crippen LogP contribution < -0.4 is 4.90 Å². The predicted molar refractivity (Wildman–Crippen MR) is 107 cm³/mol. The molecule has 3 heterocycles. The number of nitrogens with zero attached hydrogens (tertiary/aromatic N) is 5. The largest absolute Gasteiger partial charge is 0.477 e. The SMILES string of the molecule is O=C(O)C1=NC=CN(c2cc(-c3ccc(Cl)cc3)nc(-c3cccnc3)n2)C1. The summed E-state index contributed by atoms with van der Waals surface area (Å²) >= 11 is 6.00. The van der Waals surface area contributed by atoms with Crippen LogP contribution in [0.5, 0.6) is 0 Å². The topological polar surface area (TPSA) is 91.6 Å². The number of aliphatic imine (C=N–C) groups is 1. The molecule has 1 aromatic carbocycles. The molecule has 0 atom stereocenters. The third kappa shape index (κ3) is 3.74. The molecule has 0 bridgehead atoms. The second-order valence-corrected chi connectivity index (χ2v) is 6.43. The van der Waals surface area contributed by atoms with Crippen molar-refractivity contribution in [3.8, 4) is 22.6 Å². The molecule has 0 fully saturated rings. The first-order chi connectivity index (χ1) is 13.6. The summed E-state index contributed by atoms with van der Waals surface area (Å²) in [5.74, 6) is -0.0131. The second kappa shape index (κ2) is 7.58. The van der Waals surface area contributed by atoms with Gasteiger partial charge in [-0.3, -0.25) is 9.98 Å². The molecule has 4 rings (SSSR count). The zero-order valence-corrected chi connectivity index (χ0v) is 15.3. The van der Waals surface area contributed by atoms with Crippen molar-refractivity contribution in [2.24, 2.45) is 4.99 Å². The molecular weight excluding hydrogens is 378 g/mol. The van der Waals surface area contributed by atoms with Crippen molar-refractivity contribution in [1.29, 1.82) is 0 Å². The molecule has 3 aromatic rings. The molecule has 28 heavy (non-hydrogen) atoms. The van der Waals surface area contributed by atoms with Gasteiger partial charge in [0.25, 0.3) is 0 Å². The van der Waals surface area contributed by atoms with Crippen molar-refractivity contribution >= 4 is 29.1 Å². The fourth-order valence-corrected chi connectivity index (χ4v) is 2.84. The predicted octanol–water partition coefficient (Wildman–Crippen LogP) is 3.68. The van der Waals surface area contributed by atoms with Crippen molar-refractivity contribution in [3.63, 3.8) is 0 Å². The van der Waals surface area contributed by atoms with Crippen LogP contribution in [0.1, 0.15) is 0 Å². The number of hydrogen-bond donors (Lipinski definition) is 1. The van der Waals surface area contributed by atoms with Crippen LogP contribution in [0.2, 0.25) is 5.02 Å². The third-order valence-corrected chi connectivity index (χ3v) is 4.36. The third-order valence-electron chi connectivity index (χ3n) is 4.11. The Hall–Kier alpha value is -3.58. The van der Waals surface area contributed by atoms with Gasteiger partial charge in [-0.25, -0.2) is 14.8 Å². The highest BCUT2D eigenvalue weighted by atomic mass is 35.5. The van der Waals surface area contributed by atoms with E-state index in [2.05, 4.69) is 19.9 Å². The Bertz CT molecular complexity index is 1080. The summed E-state index contributed by atoms with van der Waals surface area (Å²) in [5, 5.41) is 9.88. The molecule has 1 aliphatic rings. The number of rotatable bonds is 4. The van der Waals surface area contributed by atoms with Gasteiger partial charge in [-0.05, 0) is 24.3 Å². The molecule has 1 N–H and O–H groups in total. The Labute approximate surface area is 165 Å². The Morgan fingerprint density at radius 3 is 2.64 bits per heavy atom. The number of hydrogen-bond acceptors (Lipinski definition) is 6. The van der Waals surface area contributed by atoms with Crippen molar-refractivity contribution in [1.82, 2.24) is 15.0 Å². The molecule has 0 spiro atoms. The molecule has 2 aromatic heterocycles. The molecule has 0 unspecified atom stereocenters. The van der Waals surface area contributed by atoms with E-state index < -0.39 is 5.97 Å². The molecule has 0 radical (unpaired) electrons. The molecule has 1 aliphatic heterocycles. The standard InChI is InChI=1S/C20H14ClN5O2/c21-15-5-3-13(4-6-15)16-10-18(26-9-8-23-17(12-26)20(27)28)25-19(24-16)14-2-1-7-22-11-14/h1-11H,12H2,(H,27,28). The fourth-order valence-electron chi connectivity index (χ4n) is 2.71. The number of aliphatic carboxylic acids is 1. The quantitative estimate of drug-likeness (QED) is 0.729. The summed E-state index contributed by atoms with van der Waals surface area (Å²) in [7, 11) is 0. The maximum atomic E-state index is 11.3. The van der Waals surface area contributed by atoms with E-state index in [-0.39, 0.29) is 12.3 Å². The van der Waals surface area contributed by atoms with E-state index in [1.54, 1.807) is 41.7 Å². The monoisotopic (exact) mass is 391 g/mol. The maximum absolute atomic E-state index is 11.3. The minimum absolute atomic E-state index is 0.0390. The Morgan fingerprint density at radius 2 is 1.93 bits per heavy atom. The lowest BCUT2D eigenvalue weighted by molar-refractivity contribution is -0.129. The lowest BCUT2D eigenvalue weighted by Gasteiger charge is -2.22. The molecule has 138 valence electrons. The first-order valence-corrected chi connectivity index (χ1v) is 8.76. The van der Waals surface area contributed by atoms with Crippen molar-refractivity contribution in [2.45, 2.75) is 0 Å². The van der Waals surface area contributed by atoms with Crippen molar-refractivity contribution in [3.05, 3.63) is 72.3 Å². The molecule has 7 nitrogen and oxygen atoms in total. The number of carbonyl (C=O) groups is 1. The van der Waals surface area contributed by atoms with Gasteiger partial charge < -0.3 is 10.0 Å². The molecule has 0 aliphatic carbocycles. The van der Waals surface area contributed by atoms with Gasteiger partial charge in [0.1, 0.15) is 11.5 Å². The summed E-state index contributed by atoms with van der Waals surface area (Å²) in [4.78, 5) is 30.3. The van der Waals surface area contributed by atoms with Gasteiger partial charge in [0.05, 0.1) is 12.2 Å². The van der Waals surface area contributed by atoms with Gasteiger partial charge in [0.2, 0.25) is 0 Å². The fraction of sp³-hybridized carbons (Fsp3) is 0.0500. The lowest BCUT2D eigenvalue weighted by Crippen LogP contribution is -2.32. The van der Waals surface area contributed by atoms with Gasteiger partial charge in [0.15, 0.2) is 5.82 Å². The normalized spacial score (nSPS) is 13.3. The molecule has 0 saturated heterocycles. The molecule has 0 amide bonds. The summed E-state index contributed by atoms with van der Waals surface area (Å²) < 4.78 is 0. The van der Waals surface area contributed by atoms with Crippen LogP contribution >= 0.6 is 11.6 Å². The second-order valence-electron chi connectivity index (χ2n) is 5.99. The summed E-state index contributed by atoms with van der Waals surface area (Å²) in [6.45, 7) is 0.107. The van der Waals surface area contributed by atoms with Crippen LogP contribution in [0.3, 0.4) is 0 Å². The van der Waals surface area contributed by atoms with Crippen molar-refractivity contribution < 1.29 is 9.90 Å². The highest BCUT2D eigenvalue weighted by Crippen LogP contribution is 2.27. The van der Waals surface area contributed by atoms with Gasteiger partial charge in [-0.15, -0.1) is 0 Å². The number of carboxylic acid groups (broad SMARTS) is 1. The highest BCUT2D eigenvalue weighted by molar-refractivity contribution is 6.37. The minimum atomic E-state index is -1.06. The molecular formula is C20H14ClN5O2. The van der Waals surface area contributed by atoms with E-state index >= 15 is 0 Å². The smallest absolute Gasteiger partial charge is 0.352 e. The van der Waals surface area contributed by atoms with E-state index in [1.165, 1.54) is 6.20 Å². The lowest BCUT2D eigenvalue weighted by atomic mass is 10.1. The zero-order valence-electron chi connectivity index (χ0n) is 14.5. The number of aromatic nitrogens is 3. The van der Waals surface area contributed by atoms with E-state index in [0.29, 0.717) is 22.4 Å². The number of pyridine rings is 1. The number of anilines is 1. The molecule has 8 heteroatoms. The van der Waals surface area contributed by atoms with Crippen LogP contribution in [0.25, 0.3) is 22.6 Å². The van der Waals surface area contributed by atoms with E-state index in [1.807, 2.05) is 24.3 Å². The van der Waals surface area contributed by atoms with Gasteiger partial charge in [0, 0.05) is 47.0 Å². The number of halogens is 1. The Morgan fingerprint density at radius 1 is 1.11 bits per heavy atom. The molecule has 0 saturated carbocycles. The minimum Gasteiger partial charge on any atom is -0.477 e. The number of carboxylic acids is 1. The Balaban J connectivity index is 1.81. The van der Waals surface area contributed by atoms with Crippen LogP contribution in [-0.2, 0) is 4.79 Å². The van der Waals surface area contributed by atoms with E-state index in [4.69, 9.17) is 11.6 Å². The average Bonchev–Trinajstić information content (AvgIpc) is 2.74. The zero-order chi connectivity index (χ0) is 19.5. The number of benzene rings is 1. The van der Waals surface area contributed by atoms with Crippen LogP contribution in [-0.4, -0.2) is 38.3 Å². The van der Waals surface area contributed by atoms with Gasteiger partial charge in [-0.2, -0.15) is 0 Å². The first kappa shape index (κ1) is 17.8. The Kier molecular flexibility index (Phi) is 4.82. The van der Waals surface area contributed by atoms with Crippen LogP contribution in [0, 0.1) is 0 Å². The van der Waals surface area contributed by atoms with Crippen LogP contribution in [0.15, 0.2) is 72.3 Å². The summed E-state index contributed by atoms with van der Waals surface area (Å²) in [5.41, 5.74) is 2.35. The highest BCUT2D eigenvalue weighted by Gasteiger charge is 2.19. The summed E-state index contributed by atoms with van der Waals surface area (Å²) in [6, 6.07) is 12.8. The summed E-state index contributed by atoms with van der Waals surface area (Å²) in [6.07, 6.45) is 6.49. The van der Waals surface area contributed by atoms with Crippen LogP contribution in [0.4, 0.5) is 5.82 Å². The van der Waals surface area contributed by atoms with E-state index in [9.17, 15) is 9.90 Å². The van der Waals surface area contributed by atoms with Gasteiger partial charge >= 0.3 is 5.97 Å². The van der Waals surface area contributed by atoms with Crippen molar-refractivity contribution in [2.75, 3.05) is 11.4 Å².